The molecule has 1 aliphatic heterocycles. The van der Waals surface area contributed by atoms with Crippen LogP contribution in [0.2, 0.25) is 0 Å². The zero-order chi connectivity index (χ0) is 14.9. The van der Waals surface area contributed by atoms with Crippen LogP contribution in [0.4, 0.5) is 5.69 Å². The van der Waals surface area contributed by atoms with Crippen molar-refractivity contribution in [2.24, 2.45) is 0 Å². The maximum absolute atomic E-state index is 12.4. The van der Waals surface area contributed by atoms with Gasteiger partial charge < -0.3 is 15.8 Å². The molecule has 1 heterocycles. The first-order valence-electron chi connectivity index (χ1n) is 7.28. The third kappa shape index (κ3) is 2.85. The third-order valence-corrected chi connectivity index (χ3v) is 4.09. The Hall–Kier alpha value is -2.07. The van der Waals surface area contributed by atoms with Gasteiger partial charge in [0.25, 0.3) is 5.91 Å². The molecule has 2 aromatic carbocycles. The average molecular weight is 284 g/mol. The Balaban J connectivity index is 1.79. The molecule has 0 aromatic heterocycles. The average Bonchev–Trinajstić information content (AvgIpc) is 2.91. The lowest BCUT2D eigenvalue weighted by Crippen LogP contribution is -2.40. The molecule has 0 radical (unpaired) electrons. The van der Waals surface area contributed by atoms with E-state index in [0.29, 0.717) is 17.8 Å². The highest BCUT2D eigenvalue weighted by atomic mass is 16.5. The van der Waals surface area contributed by atoms with Crippen LogP contribution < -0.4 is 11.1 Å². The molecule has 0 saturated carbocycles. The van der Waals surface area contributed by atoms with Gasteiger partial charge in [-0.3, -0.25) is 4.79 Å². The van der Waals surface area contributed by atoms with Crippen LogP contribution >= 0.6 is 0 Å². The van der Waals surface area contributed by atoms with Crippen LogP contribution in [-0.2, 0) is 4.74 Å². The van der Waals surface area contributed by atoms with Gasteiger partial charge in [0.2, 0.25) is 0 Å². The maximum atomic E-state index is 12.4. The summed E-state index contributed by atoms with van der Waals surface area (Å²) in [6.45, 7) is 3.31. The Morgan fingerprint density at radius 2 is 2.05 bits per heavy atom. The van der Waals surface area contributed by atoms with Crippen LogP contribution in [0, 0.1) is 0 Å². The van der Waals surface area contributed by atoms with E-state index >= 15 is 0 Å². The summed E-state index contributed by atoms with van der Waals surface area (Å²) in [5, 5.41) is 5.00. The lowest BCUT2D eigenvalue weighted by atomic mass is 10.0. The lowest BCUT2D eigenvalue weighted by molar-refractivity contribution is 0.0206. The number of nitrogen functional groups attached to an aromatic ring is 1. The summed E-state index contributed by atoms with van der Waals surface area (Å²) in [5.41, 5.74) is 6.79. The van der Waals surface area contributed by atoms with Crippen molar-refractivity contribution in [3.63, 3.8) is 0 Å². The molecule has 1 saturated heterocycles. The van der Waals surface area contributed by atoms with Crippen LogP contribution in [0.25, 0.3) is 10.8 Å². The van der Waals surface area contributed by atoms with Gasteiger partial charge in [0.05, 0.1) is 11.2 Å². The van der Waals surface area contributed by atoms with E-state index in [-0.39, 0.29) is 11.5 Å². The number of carbonyl (C=O) groups excluding carboxylic acids is 1. The highest BCUT2D eigenvalue weighted by Gasteiger charge is 2.30. The Bertz CT molecular complexity index is 676. The number of anilines is 1. The van der Waals surface area contributed by atoms with Crippen LogP contribution in [0.1, 0.15) is 30.1 Å². The highest BCUT2D eigenvalue weighted by molar-refractivity contribution is 6.03. The molecule has 3 N–H and O–H groups in total. The van der Waals surface area contributed by atoms with Crippen molar-refractivity contribution in [1.29, 1.82) is 0 Å². The first-order valence-corrected chi connectivity index (χ1v) is 7.28. The van der Waals surface area contributed by atoms with Crippen LogP contribution in [0.15, 0.2) is 36.4 Å². The number of benzene rings is 2. The third-order valence-electron chi connectivity index (χ3n) is 4.09. The Morgan fingerprint density at radius 1 is 1.33 bits per heavy atom. The molecule has 1 fully saturated rings. The standard InChI is InChI=1S/C17H20N2O2/c1-17(7-4-8-21-17)11-19-16(20)14-9-12-5-2-3-6-13(12)10-15(14)18/h2-3,5-6,9-10H,4,7-8,11,18H2,1H3,(H,19,20). The predicted molar refractivity (Wildman–Crippen MR) is 84.3 cm³/mol. The number of hydrogen-bond acceptors (Lipinski definition) is 3. The number of rotatable bonds is 3. The molecule has 2 aromatic rings. The quantitative estimate of drug-likeness (QED) is 0.852. The fourth-order valence-electron chi connectivity index (χ4n) is 2.79. The zero-order valence-electron chi connectivity index (χ0n) is 12.2. The molecule has 1 aliphatic rings. The van der Waals surface area contributed by atoms with Gasteiger partial charge in [-0.15, -0.1) is 0 Å². The molecule has 0 bridgehead atoms. The van der Waals surface area contributed by atoms with Gasteiger partial charge in [0, 0.05) is 18.8 Å². The minimum atomic E-state index is -0.249. The number of fused-ring (bicyclic) bond motifs is 1. The monoisotopic (exact) mass is 284 g/mol. The van der Waals surface area contributed by atoms with Crippen molar-refractivity contribution in [3.05, 3.63) is 42.0 Å². The van der Waals surface area contributed by atoms with Gasteiger partial charge in [0.1, 0.15) is 0 Å². The summed E-state index contributed by atoms with van der Waals surface area (Å²) >= 11 is 0. The molecule has 4 nitrogen and oxygen atoms in total. The number of carbonyl (C=O) groups is 1. The highest BCUT2D eigenvalue weighted by Crippen LogP contribution is 2.25. The minimum Gasteiger partial charge on any atom is -0.398 e. The number of hydrogen-bond donors (Lipinski definition) is 2. The van der Waals surface area contributed by atoms with Crippen molar-refractivity contribution in [2.45, 2.75) is 25.4 Å². The predicted octanol–water partition coefficient (Wildman–Crippen LogP) is 2.72. The molecule has 1 atom stereocenters. The molecule has 1 amide bonds. The largest absolute Gasteiger partial charge is 0.398 e. The van der Waals surface area contributed by atoms with Gasteiger partial charge in [0.15, 0.2) is 0 Å². The van der Waals surface area contributed by atoms with Gasteiger partial charge >= 0.3 is 0 Å². The van der Waals surface area contributed by atoms with Crippen LogP contribution in [0.3, 0.4) is 0 Å². The molecule has 0 spiro atoms. The molecule has 3 rings (SSSR count). The first kappa shape index (κ1) is 13.9. The fraction of sp³-hybridized carbons (Fsp3) is 0.353. The number of ether oxygens (including phenoxy) is 1. The summed E-state index contributed by atoms with van der Waals surface area (Å²) in [6.07, 6.45) is 2.02. The van der Waals surface area contributed by atoms with E-state index in [2.05, 4.69) is 5.32 Å². The second-order valence-electron chi connectivity index (χ2n) is 5.87. The first-order chi connectivity index (χ1) is 10.1. The number of nitrogens with one attached hydrogen (secondary N) is 1. The van der Waals surface area contributed by atoms with Crippen molar-refractivity contribution < 1.29 is 9.53 Å². The van der Waals surface area contributed by atoms with Gasteiger partial charge in [-0.2, -0.15) is 0 Å². The summed E-state index contributed by atoms with van der Waals surface area (Å²) in [7, 11) is 0. The fourth-order valence-corrected chi connectivity index (χ4v) is 2.79. The van der Waals surface area contributed by atoms with Crippen LogP contribution in [-0.4, -0.2) is 24.7 Å². The Morgan fingerprint density at radius 3 is 2.71 bits per heavy atom. The molecule has 1 unspecified atom stereocenters. The summed E-state index contributed by atoms with van der Waals surface area (Å²) in [6, 6.07) is 11.6. The molecular formula is C17H20N2O2. The second-order valence-corrected chi connectivity index (χ2v) is 5.87. The van der Waals surface area contributed by atoms with E-state index in [4.69, 9.17) is 10.5 Å². The number of amides is 1. The van der Waals surface area contributed by atoms with Gasteiger partial charge in [-0.1, -0.05) is 24.3 Å². The van der Waals surface area contributed by atoms with Crippen LogP contribution in [0.5, 0.6) is 0 Å². The van der Waals surface area contributed by atoms with E-state index in [1.807, 2.05) is 43.3 Å². The second kappa shape index (κ2) is 5.37. The zero-order valence-corrected chi connectivity index (χ0v) is 12.2. The van der Waals surface area contributed by atoms with Gasteiger partial charge in [-0.25, -0.2) is 0 Å². The topological polar surface area (TPSA) is 64.4 Å². The number of nitrogens with two attached hydrogens (primary N) is 1. The maximum Gasteiger partial charge on any atom is 0.253 e. The molecule has 21 heavy (non-hydrogen) atoms. The molecular weight excluding hydrogens is 264 g/mol. The van der Waals surface area contributed by atoms with E-state index < -0.39 is 0 Å². The van der Waals surface area contributed by atoms with Crippen molar-refractivity contribution in [3.8, 4) is 0 Å². The lowest BCUT2D eigenvalue weighted by Gasteiger charge is -2.23. The summed E-state index contributed by atoms with van der Waals surface area (Å²) in [4.78, 5) is 12.4. The molecule has 110 valence electrons. The Labute approximate surface area is 124 Å². The van der Waals surface area contributed by atoms with Crippen molar-refractivity contribution in [1.82, 2.24) is 5.32 Å². The van der Waals surface area contributed by atoms with E-state index in [1.165, 1.54) is 0 Å². The molecule has 0 aliphatic carbocycles. The smallest absolute Gasteiger partial charge is 0.253 e. The van der Waals surface area contributed by atoms with E-state index in [0.717, 1.165) is 30.2 Å². The van der Waals surface area contributed by atoms with Crippen molar-refractivity contribution in [2.75, 3.05) is 18.9 Å². The van der Waals surface area contributed by atoms with E-state index in [9.17, 15) is 4.79 Å². The van der Waals surface area contributed by atoms with E-state index in [1.54, 1.807) is 0 Å². The van der Waals surface area contributed by atoms with Crippen molar-refractivity contribution >= 4 is 22.4 Å². The molecule has 4 heteroatoms. The summed E-state index contributed by atoms with van der Waals surface area (Å²) < 4.78 is 5.68. The summed E-state index contributed by atoms with van der Waals surface area (Å²) in [5.74, 6) is -0.144. The van der Waals surface area contributed by atoms with Gasteiger partial charge in [-0.05, 0) is 42.7 Å². The minimum absolute atomic E-state index is 0.144. The SMILES string of the molecule is CC1(CNC(=O)c2cc3ccccc3cc2N)CCCO1. The Kier molecular flexibility index (Phi) is 3.55. The normalized spacial score (nSPS) is 21.6.